The Balaban J connectivity index is 2.05. The Kier molecular flexibility index (Phi) is 7.22. The van der Waals surface area contributed by atoms with Crippen LogP contribution in [0, 0.1) is 18.7 Å². The third kappa shape index (κ3) is 5.68. The fraction of sp³-hybridized carbons (Fsp3) is 0.300. The lowest BCUT2D eigenvalue weighted by molar-refractivity contribution is -0.124. The molecule has 0 aromatic heterocycles. The number of carbonyl (C=O) groups is 2. The molecule has 7 heteroatoms. The van der Waals surface area contributed by atoms with Gasteiger partial charge >= 0.3 is 0 Å². The lowest BCUT2D eigenvalue weighted by atomic mass is 10.0. The van der Waals surface area contributed by atoms with E-state index in [9.17, 15) is 14.0 Å². The molecule has 2 amide bonds. The standard InChI is InChI=1S/C20H21Cl2FN2O2/c1-11(2)18(25-19(26)15-7-6-14(21)9-16(15)22)20(27)24-10-13-5-4-12(3)17(23)8-13/h4-9,11,18H,10H2,1-3H3,(H,24,27)(H,25,26). The molecule has 0 saturated heterocycles. The zero-order valence-electron chi connectivity index (χ0n) is 15.3. The van der Waals surface area contributed by atoms with E-state index >= 15 is 0 Å². The summed E-state index contributed by atoms with van der Waals surface area (Å²) in [6, 6.07) is 8.54. The number of amides is 2. The van der Waals surface area contributed by atoms with E-state index in [2.05, 4.69) is 10.6 Å². The molecule has 0 heterocycles. The number of carbonyl (C=O) groups excluding carboxylic acids is 2. The van der Waals surface area contributed by atoms with E-state index in [1.807, 2.05) is 13.8 Å². The maximum Gasteiger partial charge on any atom is 0.253 e. The van der Waals surface area contributed by atoms with Gasteiger partial charge in [-0.15, -0.1) is 0 Å². The average Bonchev–Trinajstić information content (AvgIpc) is 2.60. The quantitative estimate of drug-likeness (QED) is 0.735. The molecule has 2 aromatic rings. The number of nitrogens with one attached hydrogen (secondary N) is 2. The Labute approximate surface area is 168 Å². The summed E-state index contributed by atoms with van der Waals surface area (Å²) in [5.74, 6) is -1.31. The van der Waals surface area contributed by atoms with Crippen LogP contribution in [0.1, 0.15) is 35.3 Å². The van der Waals surface area contributed by atoms with Crippen molar-refractivity contribution in [3.8, 4) is 0 Å². The van der Waals surface area contributed by atoms with Gasteiger partial charge in [0.05, 0.1) is 10.6 Å². The molecule has 2 N–H and O–H groups in total. The van der Waals surface area contributed by atoms with E-state index in [1.54, 1.807) is 25.1 Å². The van der Waals surface area contributed by atoms with Crippen molar-refractivity contribution < 1.29 is 14.0 Å². The van der Waals surface area contributed by atoms with Crippen molar-refractivity contribution in [1.29, 1.82) is 0 Å². The second-order valence-corrected chi connectivity index (χ2v) is 7.46. The van der Waals surface area contributed by atoms with Gasteiger partial charge in [-0.3, -0.25) is 9.59 Å². The summed E-state index contributed by atoms with van der Waals surface area (Å²) >= 11 is 11.9. The van der Waals surface area contributed by atoms with E-state index in [0.717, 1.165) is 0 Å². The lowest BCUT2D eigenvalue weighted by Gasteiger charge is -2.22. The predicted octanol–water partition coefficient (Wildman–Crippen LogP) is 4.51. The van der Waals surface area contributed by atoms with Crippen LogP contribution >= 0.6 is 23.2 Å². The molecule has 0 bridgehead atoms. The van der Waals surface area contributed by atoms with Gasteiger partial charge in [0, 0.05) is 11.6 Å². The molecule has 1 atom stereocenters. The number of hydrogen-bond acceptors (Lipinski definition) is 2. The highest BCUT2D eigenvalue weighted by atomic mass is 35.5. The van der Waals surface area contributed by atoms with Gasteiger partial charge in [0.15, 0.2) is 0 Å². The first-order chi connectivity index (χ1) is 12.7. The molecule has 2 rings (SSSR count). The Hall–Kier alpha value is -2.11. The molecule has 0 aliphatic rings. The lowest BCUT2D eigenvalue weighted by Crippen LogP contribution is -2.49. The highest BCUT2D eigenvalue weighted by Gasteiger charge is 2.25. The maximum absolute atomic E-state index is 13.6. The normalized spacial score (nSPS) is 12.0. The first-order valence-corrected chi connectivity index (χ1v) is 9.23. The van der Waals surface area contributed by atoms with Crippen LogP contribution in [0.5, 0.6) is 0 Å². The van der Waals surface area contributed by atoms with Crippen molar-refractivity contribution in [3.05, 3.63) is 69.0 Å². The molecular formula is C20H21Cl2FN2O2. The van der Waals surface area contributed by atoms with Gasteiger partial charge in [-0.25, -0.2) is 4.39 Å². The molecule has 0 aliphatic carbocycles. The zero-order chi connectivity index (χ0) is 20.1. The monoisotopic (exact) mass is 410 g/mol. The summed E-state index contributed by atoms with van der Waals surface area (Å²) < 4.78 is 13.6. The maximum atomic E-state index is 13.6. The van der Waals surface area contributed by atoms with Gasteiger partial charge in [0.1, 0.15) is 11.9 Å². The first kappa shape index (κ1) is 21.2. The van der Waals surface area contributed by atoms with Gasteiger partial charge in [-0.2, -0.15) is 0 Å². The minimum absolute atomic E-state index is 0.158. The number of aryl methyl sites for hydroxylation is 1. The molecule has 0 radical (unpaired) electrons. The van der Waals surface area contributed by atoms with E-state index in [0.29, 0.717) is 16.1 Å². The van der Waals surface area contributed by atoms with Crippen LogP contribution in [0.25, 0.3) is 0 Å². The largest absolute Gasteiger partial charge is 0.350 e. The van der Waals surface area contributed by atoms with Crippen molar-refractivity contribution in [2.45, 2.75) is 33.4 Å². The Morgan fingerprint density at radius 3 is 2.41 bits per heavy atom. The minimum atomic E-state index is -0.764. The third-order valence-corrected chi connectivity index (χ3v) is 4.66. The molecule has 0 saturated carbocycles. The van der Waals surface area contributed by atoms with E-state index in [4.69, 9.17) is 23.2 Å². The molecule has 0 aliphatic heterocycles. The Bertz CT molecular complexity index is 856. The summed E-state index contributed by atoms with van der Waals surface area (Å²) in [4.78, 5) is 25.0. The molecule has 2 aromatic carbocycles. The summed E-state index contributed by atoms with van der Waals surface area (Å²) in [6.07, 6.45) is 0. The third-order valence-electron chi connectivity index (χ3n) is 4.11. The first-order valence-electron chi connectivity index (χ1n) is 8.47. The number of benzene rings is 2. The van der Waals surface area contributed by atoms with Crippen LogP contribution in [0.3, 0.4) is 0 Å². The van der Waals surface area contributed by atoms with E-state index in [1.165, 1.54) is 18.2 Å². The molecule has 144 valence electrons. The molecule has 0 spiro atoms. The van der Waals surface area contributed by atoms with Gasteiger partial charge in [-0.05, 0) is 48.2 Å². The van der Waals surface area contributed by atoms with Gasteiger partial charge in [-0.1, -0.05) is 49.2 Å². The van der Waals surface area contributed by atoms with Crippen LogP contribution in [-0.4, -0.2) is 17.9 Å². The van der Waals surface area contributed by atoms with Crippen LogP contribution in [-0.2, 0) is 11.3 Å². The summed E-state index contributed by atoms with van der Waals surface area (Å²) in [7, 11) is 0. The highest BCUT2D eigenvalue weighted by molar-refractivity contribution is 6.36. The average molecular weight is 411 g/mol. The molecule has 1 unspecified atom stereocenters. The molecule has 4 nitrogen and oxygen atoms in total. The minimum Gasteiger partial charge on any atom is -0.350 e. The van der Waals surface area contributed by atoms with Crippen LogP contribution in [0.2, 0.25) is 10.0 Å². The summed E-state index contributed by atoms with van der Waals surface area (Å²) in [5.41, 5.74) is 1.42. The number of hydrogen-bond donors (Lipinski definition) is 2. The fourth-order valence-electron chi connectivity index (χ4n) is 2.47. The van der Waals surface area contributed by atoms with Crippen molar-refractivity contribution in [2.24, 2.45) is 5.92 Å². The summed E-state index contributed by atoms with van der Waals surface area (Å²) in [5, 5.41) is 6.05. The van der Waals surface area contributed by atoms with Crippen molar-refractivity contribution >= 4 is 35.0 Å². The van der Waals surface area contributed by atoms with Gasteiger partial charge in [0.25, 0.3) is 5.91 Å². The van der Waals surface area contributed by atoms with Crippen molar-refractivity contribution in [2.75, 3.05) is 0 Å². The zero-order valence-corrected chi connectivity index (χ0v) is 16.8. The Morgan fingerprint density at radius 1 is 1.11 bits per heavy atom. The molecular weight excluding hydrogens is 390 g/mol. The number of rotatable bonds is 6. The second-order valence-electron chi connectivity index (χ2n) is 6.62. The van der Waals surface area contributed by atoms with E-state index < -0.39 is 11.9 Å². The van der Waals surface area contributed by atoms with Gasteiger partial charge in [0.2, 0.25) is 5.91 Å². The molecule has 27 heavy (non-hydrogen) atoms. The van der Waals surface area contributed by atoms with E-state index in [-0.39, 0.29) is 34.8 Å². The molecule has 0 fully saturated rings. The van der Waals surface area contributed by atoms with Crippen LogP contribution < -0.4 is 10.6 Å². The second kappa shape index (κ2) is 9.20. The smallest absolute Gasteiger partial charge is 0.253 e. The fourth-order valence-corrected chi connectivity index (χ4v) is 2.97. The summed E-state index contributed by atoms with van der Waals surface area (Å²) in [6.45, 7) is 5.47. The Morgan fingerprint density at radius 2 is 1.81 bits per heavy atom. The van der Waals surface area contributed by atoms with Crippen molar-refractivity contribution in [1.82, 2.24) is 10.6 Å². The van der Waals surface area contributed by atoms with Crippen molar-refractivity contribution in [3.63, 3.8) is 0 Å². The van der Waals surface area contributed by atoms with Gasteiger partial charge < -0.3 is 10.6 Å². The van der Waals surface area contributed by atoms with Crippen LogP contribution in [0.15, 0.2) is 36.4 Å². The van der Waals surface area contributed by atoms with Crippen LogP contribution in [0.4, 0.5) is 4.39 Å². The topological polar surface area (TPSA) is 58.2 Å². The number of halogens is 3. The highest BCUT2D eigenvalue weighted by Crippen LogP contribution is 2.21. The predicted molar refractivity (Wildman–Crippen MR) is 106 cm³/mol. The SMILES string of the molecule is Cc1ccc(CNC(=O)C(NC(=O)c2ccc(Cl)cc2Cl)C(C)C)cc1F.